The molecule has 2 aromatic carbocycles. The minimum Gasteiger partial charge on any atom is -0.482 e. The number of hydrogen-bond acceptors (Lipinski definition) is 2. The SMILES string of the molecule is O=C(O)COc1ccc(-c2ccc(C(F)(F)F)cc2)cc1C1CCCCC1. The van der Waals surface area contributed by atoms with Gasteiger partial charge in [0.05, 0.1) is 5.56 Å². The quantitative estimate of drug-likeness (QED) is 0.706. The number of carboxylic acid groups (broad SMARTS) is 1. The van der Waals surface area contributed by atoms with Gasteiger partial charge in [0, 0.05) is 0 Å². The van der Waals surface area contributed by atoms with Crippen molar-refractivity contribution in [1.29, 1.82) is 0 Å². The average Bonchev–Trinajstić information content (AvgIpc) is 2.66. The number of ether oxygens (including phenoxy) is 1. The van der Waals surface area contributed by atoms with Crippen LogP contribution in [0.1, 0.15) is 49.1 Å². The maximum Gasteiger partial charge on any atom is 0.416 e. The van der Waals surface area contributed by atoms with E-state index >= 15 is 0 Å². The Hall–Kier alpha value is -2.50. The predicted octanol–water partition coefficient (Wildman–Crippen LogP) is 5.88. The summed E-state index contributed by atoms with van der Waals surface area (Å²) in [7, 11) is 0. The average molecular weight is 378 g/mol. The topological polar surface area (TPSA) is 46.5 Å². The summed E-state index contributed by atoms with van der Waals surface area (Å²) in [4.78, 5) is 10.8. The van der Waals surface area contributed by atoms with Crippen molar-refractivity contribution in [2.24, 2.45) is 0 Å². The lowest BCUT2D eigenvalue weighted by Crippen LogP contribution is -2.13. The van der Waals surface area contributed by atoms with Crippen LogP contribution in [0, 0.1) is 0 Å². The lowest BCUT2D eigenvalue weighted by molar-refractivity contribution is -0.139. The van der Waals surface area contributed by atoms with Gasteiger partial charge in [0.15, 0.2) is 6.61 Å². The number of alkyl halides is 3. The Balaban J connectivity index is 1.93. The van der Waals surface area contributed by atoms with E-state index in [0.717, 1.165) is 48.9 Å². The van der Waals surface area contributed by atoms with Crippen molar-refractivity contribution >= 4 is 5.97 Å². The highest BCUT2D eigenvalue weighted by atomic mass is 19.4. The van der Waals surface area contributed by atoms with Crippen molar-refractivity contribution in [3.05, 3.63) is 53.6 Å². The molecule has 0 radical (unpaired) electrons. The van der Waals surface area contributed by atoms with Crippen LogP contribution in [-0.4, -0.2) is 17.7 Å². The Labute approximate surface area is 155 Å². The van der Waals surface area contributed by atoms with Crippen molar-refractivity contribution in [2.75, 3.05) is 6.61 Å². The molecule has 0 atom stereocenters. The van der Waals surface area contributed by atoms with Crippen LogP contribution in [-0.2, 0) is 11.0 Å². The largest absolute Gasteiger partial charge is 0.482 e. The smallest absolute Gasteiger partial charge is 0.416 e. The fourth-order valence-corrected chi connectivity index (χ4v) is 3.58. The van der Waals surface area contributed by atoms with E-state index in [-0.39, 0.29) is 5.92 Å². The molecule has 0 aromatic heterocycles. The fraction of sp³-hybridized carbons (Fsp3) is 0.381. The standard InChI is InChI=1S/C21H21F3O3/c22-21(23,24)17-9-6-14(7-10-17)16-8-11-19(27-13-20(25)26)18(12-16)15-4-2-1-3-5-15/h6-12,15H,1-5,13H2,(H,25,26). The molecule has 1 fully saturated rings. The molecule has 0 aliphatic heterocycles. The summed E-state index contributed by atoms with van der Waals surface area (Å²) in [5.41, 5.74) is 1.74. The van der Waals surface area contributed by atoms with E-state index in [1.165, 1.54) is 18.6 Å². The Morgan fingerprint density at radius 2 is 1.63 bits per heavy atom. The van der Waals surface area contributed by atoms with E-state index in [9.17, 15) is 18.0 Å². The molecule has 1 aliphatic rings. The molecule has 144 valence electrons. The van der Waals surface area contributed by atoms with E-state index in [0.29, 0.717) is 11.3 Å². The van der Waals surface area contributed by atoms with Crippen LogP contribution in [0.4, 0.5) is 13.2 Å². The van der Waals surface area contributed by atoms with Gasteiger partial charge in [0.25, 0.3) is 0 Å². The number of benzene rings is 2. The highest BCUT2D eigenvalue weighted by molar-refractivity contribution is 5.69. The summed E-state index contributed by atoms with van der Waals surface area (Å²) in [5.74, 6) is -0.228. The van der Waals surface area contributed by atoms with Gasteiger partial charge in [-0.1, -0.05) is 37.5 Å². The first-order valence-corrected chi connectivity index (χ1v) is 9.01. The van der Waals surface area contributed by atoms with E-state index in [1.54, 1.807) is 12.1 Å². The third-order valence-electron chi connectivity index (χ3n) is 4.95. The maximum absolute atomic E-state index is 12.8. The third-order valence-corrected chi connectivity index (χ3v) is 4.95. The van der Waals surface area contributed by atoms with Crippen LogP contribution in [0.15, 0.2) is 42.5 Å². The van der Waals surface area contributed by atoms with Gasteiger partial charge in [-0.05, 0) is 59.7 Å². The molecule has 0 spiro atoms. The Kier molecular flexibility index (Phi) is 5.73. The van der Waals surface area contributed by atoms with Crippen LogP contribution in [0.5, 0.6) is 5.75 Å². The number of rotatable bonds is 5. The predicted molar refractivity (Wildman–Crippen MR) is 95.8 cm³/mol. The monoisotopic (exact) mass is 378 g/mol. The number of halogens is 3. The zero-order chi connectivity index (χ0) is 19.4. The summed E-state index contributed by atoms with van der Waals surface area (Å²) in [6.07, 6.45) is 1.03. The number of aliphatic carboxylic acids is 1. The Morgan fingerprint density at radius 1 is 1.00 bits per heavy atom. The second-order valence-corrected chi connectivity index (χ2v) is 6.85. The third kappa shape index (κ3) is 4.81. The maximum atomic E-state index is 12.8. The van der Waals surface area contributed by atoms with E-state index in [4.69, 9.17) is 9.84 Å². The highest BCUT2D eigenvalue weighted by Crippen LogP contribution is 2.40. The molecule has 3 rings (SSSR count). The summed E-state index contributed by atoms with van der Waals surface area (Å²) in [6.45, 7) is -0.417. The molecular weight excluding hydrogens is 357 g/mol. The second kappa shape index (κ2) is 8.03. The Bertz CT molecular complexity index is 791. The number of carboxylic acids is 1. The van der Waals surface area contributed by atoms with Crippen molar-refractivity contribution in [3.63, 3.8) is 0 Å². The molecule has 6 heteroatoms. The summed E-state index contributed by atoms with van der Waals surface area (Å²) < 4.78 is 43.8. The lowest BCUT2D eigenvalue weighted by Gasteiger charge is -2.24. The van der Waals surface area contributed by atoms with Gasteiger partial charge in [-0.25, -0.2) is 4.79 Å². The molecule has 0 bridgehead atoms. The van der Waals surface area contributed by atoms with Crippen LogP contribution in [0.3, 0.4) is 0 Å². The van der Waals surface area contributed by atoms with Crippen molar-refractivity contribution < 1.29 is 27.8 Å². The normalized spacial score (nSPS) is 15.5. The van der Waals surface area contributed by atoms with Gasteiger partial charge in [0.1, 0.15) is 5.75 Å². The zero-order valence-corrected chi connectivity index (χ0v) is 14.8. The van der Waals surface area contributed by atoms with Gasteiger partial charge in [-0.15, -0.1) is 0 Å². The van der Waals surface area contributed by atoms with Crippen molar-refractivity contribution in [3.8, 4) is 16.9 Å². The van der Waals surface area contributed by atoms with Gasteiger partial charge < -0.3 is 9.84 Å². The summed E-state index contributed by atoms with van der Waals surface area (Å²) in [5, 5.41) is 8.88. The molecule has 0 saturated heterocycles. The fourth-order valence-electron chi connectivity index (χ4n) is 3.58. The zero-order valence-electron chi connectivity index (χ0n) is 14.8. The summed E-state index contributed by atoms with van der Waals surface area (Å²) in [6, 6.07) is 10.5. The minimum absolute atomic E-state index is 0.275. The molecule has 1 aliphatic carbocycles. The van der Waals surface area contributed by atoms with E-state index in [2.05, 4.69) is 0 Å². The van der Waals surface area contributed by atoms with Crippen LogP contribution >= 0.6 is 0 Å². The van der Waals surface area contributed by atoms with Gasteiger partial charge in [-0.3, -0.25) is 0 Å². The van der Waals surface area contributed by atoms with Crippen LogP contribution in [0.25, 0.3) is 11.1 Å². The van der Waals surface area contributed by atoms with Crippen LogP contribution < -0.4 is 4.74 Å². The highest BCUT2D eigenvalue weighted by Gasteiger charge is 2.30. The number of carbonyl (C=O) groups is 1. The van der Waals surface area contributed by atoms with Gasteiger partial charge in [0.2, 0.25) is 0 Å². The van der Waals surface area contributed by atoms with Crippen molar-refractivity contribution in [1.82, 2.24) is 0 Å². The summed E-state index contributed by atoms with van der Waals surface area (Å²) >= 11 is 0. The van der Waals surface area contributed by atoms with E-state index < -0.39 is 24.3 Å². The van der Waals surface area contributed by atoms with Gasteiger partial charge >= 0.3 is 12.1 Å². The van der Waals surface area contributed by atoms with Crippen molar-refractivity contribution in [2.45, 2.75) is 44.2 Å². The molecule has 0 amide bonds. The first-order chi connectivity index (χ1) is 12.8. The second-order valence-electron chi connectivity index (χ2n) is 6.85. The molecule has 1 N–H and O–H groups in total. The molecule has 27 heavy (non-hydrogen) atoms. The molecule has 0 unspecified atom stereocenters. The first-order valence-electron chi connectivity index (χ1n) is 9.01. The minimum atomic E-state index is -4.36. The van der Waals surface area contributed by atoms with E-state index in [1.807, 2.05) is 6.07 Å². The molecule has 2 aromatic rings. The molecule has 0 heterocycles. The first kappa shape index (κ1) is 19.3. The number of hydrogen-bond donors (Lipinski definition) is 1. The molecule has 1 saturated carbocycles. The van der Waals surface area contributed by atoms with Gasteiger partial charge in [-0.2, -0.15) is 13.2 Å². The Morgan fingerprint density at radius 3 is 2.22 bits per heavy atom. The lowest BCUT2D eigenvalue weighted by atomic mass is 9.82. The molecule has 3 nitrogen and oxygen atoms in total. The molecular formula is C21H21F3O3. The van der Waals surface area contributed by atoms with Crippen LogP contribution in [0.2, 0.25) is 0 Å².